The van der Waals surface area contributed by atoms with E-state index >= 15 is 0 Å². The van der Waals surface area contributed by atoms with Crippen molar-refractivity contribution in [1.82, 2.24) is 0 Å². The minimum absolute atomic E-state index is 0.00554. The summed E-state index contributed by atoms with van der Waals surface area (Å²) in [5, 5.41) is 0. The maximum Gasteiger partial charge on any atom is 0.314 e. The third kappa shape index (κ3) is 1.65. The van der Waals surface area contributed by atoms with Crippen LogP contribution in [0.2, 0.25) is 0 Å². The maximum atomic E-state index is 12.0. The van der Waals surface area contributed by atoms with Crippen LogP contribution in [0.5, 0.6) is 0 Å². The lowest BCUT2D eigenvalue weighted by atomic mass is 9.64. The Bertz CT molecular complexity index is 465. The van der Waals surface area contributed by atoms with Gasteiger partial charge < -0.3 is 14.2 Å². The first kappa shape index (κ1) is 13.9. The van der Waals surface area contributed by atoms with E-state index < -0.39 is 16.4 Å². The van der Waals surface area contributed by atoms with Gasteiger partial charge in [-0.2, -0.15) is 0 Å². The van der Waals surface area contributed by atoms with Gasteiger partial charge in [-0.3, -0.25) is 9.59 Å². The van der Waals surface area contributed by atoms with Crippen LogP contribution in [0.1, 0.15) is 40.5 Å². The molecule has 20 heavy (non-hydrogen) atoms. The van der Waals surface area contributed by atoms with Gasteiger partial charge in [-0.25, -0.2) is 0 Å². The van der Waals surface area contributed by atoms with Crippen LogP contribution in [-0.4, -0.2) is 36.9 Å². The molecule has 0 aromatic carbocycles. The highest BCUT2D eigenvalue weighted by atomic mass is 16.6. The summed E-state index contributed by atoms with van der Waals surface area (Å²) in [6, 6.07) is 0. The Morgan fingerprint density at radius 2 is 2.15 bits per heavy atom. The molecule has 0 saturated carbocycles. The van der Waals surface area contributed by atoms with Crippen LogP contribution >= 0.6 is 0 Å². The monoisotopic (exact) mass is 282 g/mol. The van der Waals surface area contributed by atoms with Gasteiger partial charge in [0.2, 0.25) is 0 Å². The number of hydrogen-bond donors (Lipinski definition) is 0. The van der Waals surface area contributed by atoms with Gasteiger partial charge in [0.1, 0.15) is 17.6 Å². The van der Waals surface area contributed by atoms with E-state index in [4.69, 9.17) is 14.2 Å². The van der Waals surface area contributed by atoms with E-state index in [2.05, 4.69) is 0 Å². The van der Waals surface area contributed by atoms with Crippen LogP contribution in [0.15, 0.2) is 0 Å². The molecule has 4 atom stereocenters. The summed E-state index contributed by atoms with van der Waals surface area (Å²) in [7, 11) is 0. The number of hydrogen-bond acceptors (Lipinski definition) is 5. The zero-order valence-electron chi connectivity index (χ0n) is 12.5. The molecule has 2 bridgehead atoms. The maximum absolute atomic E-state index is 12.0. The van der Waals surface area contributed by atoms with E-state index in [1.807, 2.05) is 27.7 Å². The van der Waals surface area contributed by atoms with Crippen molar-refractivity contribution in [1.29, 1.82) is 0 Å². The topological polar surface area (TPSA) is 61.8 Å². The number of esters is 2. The summed E-state index contributed by atoms with van der Waals surface area (Å²) < 4.78 is 16.8. The number of carbonyl (C=O) groups excluding carboxylic acids is 2. The minimum Gasteiger partial charge on any atom is -0.465 e. The summed E-state index contributed by atoms with van der Waals surface area (Å²) in [5.74, 6) is -0.414. The Hall–Kier alpha value is -1.10. The van der Waals surface area contributed by atoms with E-state index in [1.165, 1.54) is 0 Å². The van der Waals surface area contributed by atoms with E-state index in [1.54, 1.807) is 0 Å². The molecule has 0 N–H and O–H groups in total. The van der Waals surface area contributed by atoms with E-state index in [-0.39, 0.29) is 30.6 Å². The van der Waals surface area contributed by atoms with Crippen molar-refractivity contribution in [3.05, 3.63) is 0 Å². The second-order valence-corrected chi connectivity index (χ2v) is 7.47. The molecule has 0 spiro atoms. The third-order valence-electron chi connectivity index (χ3n) is 5.12. The highest BCUT2D eigenvalue weighted by Gasteiger charge is 2.72. The van der Waals surface area contributed by atoms with Gasteiger partial charge in [0.15, 0.2) is 0 Å². The summed E-state index contributed by atoms with van der Waals surface area (Å²) in [5.41, 5.74) is -1.63. The molecular formula is C15H22O5. The van der Waals surface area contributed by atoms with Crippen molar-refractivity contribution >= 4 is 11.9 Å². The lowest BCUT2D eigenvalue weighted by Crippen LogP contribution is -2.47. The van der Waals surface area contributed by atoms with Crippen LogP contribution in [-0.2, 0) is 23.8 Å². The van der Waals surface area contributed by atoms with Gasteiger partial charge in [0.25, 0.3) is 0 Å². The Kier molecular flexibility index (Phi) is 2.75. The standard InChI is InChI=1S/C15H22O5/c1-13(2,3)11(16)19-8-15-6-5-10(20-15)14(4)9(15)7-18-12(14)17/h9-10H,5-8H2,1-4H3/t9-,10-,14+,15-/m0/s1. The van der Waals surface area contributed by atoms with Gasteiger partial charge in [-0.15, -0.1) is 0 Å². The van der Waals surface area contributed by atoms with Crippen molar-refractivity contribution in [3.8, 4) is 0 Å². The Labute approximate surface area is 118 Å². The quantitative estimate of drug-likeness (QED) is 0.721. The molecule has 112 valence electrons. The Morgan fingerprint density at radius 3 is 2.80 bits per heavy atom. The molecule has 5 nitrogen and oxygen atoms in total. The molecule has 3 saturated heterocycles. The number of rotatable bonds is 2. The SMILES string of the molecule is CC(C)(C)C(=O)OC[C@]12CC[C@H](O1)[C@]1(C)C(=O)OC[C@H]21. The van der Waals surface area contributed by atoms with Crippen molar-refractivity contribution in [3.63, 3.8) is 0 Å². The lowest BCUT2D eigenvalue weighted by molar-refractivity contribution is -0.164. The van der Waals surface area contributed by atoms with E-state index in [9.17, 15) is 9.59 Å². The van der Waals surface area contributed by atoms with Gasteiger partial charge in [0, 0.05) is 5.92 Å². The van der Waals surface area contributed by atoms with Gasteiger partial charge >= 0.3 is 11.9 Å². The molecule has 3 aliphatic heterocycles. The van der Waals surface area contributed by atoms with Gasteiger partial charge in [0.05, 0.1) is 18.1 Å². The highest BCUT2D eigenvalue weighted by Crippen LogP contribution is 2.61. The summed E-state index contributed by atoms with van der Waals surface area (Å²) in [6.45, 7) is 7.99. The Balaban J connectivity index is 1.77. The number of ether oxygens (including phenoxy) is 3. The van der Waals surface area contributed by atoms with Crippen molar-refractivity contribution in [2.75, 3.05) is 13.2 Å². The average Bonchev–Trinajstić information content (AvgIpc) is 2.97. The van der Waals surface area contributed by atoms with E-state index in [0.29, 0.717) is 6.61 Å². The zero-order chi connectivity index (χ0) is 14.8. The first-order valence-corrected chi connectivity index (χ1v) is 7.22. The fourth-order valence-corrected chi connectivity index (χ4v) is 3.75. The smallest absolute Gasteiger partial charge is 0.314 e. The van der Waals surface area contributed by atoms with Crippen molar-refractivity contribution in [2.24, 2.45) is 16.7 Å². The summed E-state index contributed by atoms with van der Waals surface area (Å²) in [4.78, 5) is 24.0. The minimum atomic E-state index is -0.563. The second kappa shape index (κ2) is 3.97. The van der Waals surface area contributed by atoms with Crippen LogP contribution < -0.4 is 0 Å². The molecular weight excluding hydrogens is 260 g/mol. The molecule has 5 heteroatoms. The summed E-state index contributed by atoms with van der Waals surface area (Å²) >= 11 is 0. The molecule has 3 fully saturated rings. The molecule has 0 aromatic rings. The molecule has 3 heterocycles. The molecule has 0 unspecified atom stereocenters. The van der Waals surface area contributed by atoms with Crippen LogP contribution in [0, 0.1) is 16.7 Å². The number of fused-ring (bicyclic) bond motifs is 5. The van der Waals surface area contributed by atoms with Crippen LogP contribution in [0.25, 0.3) is 0 Å². The van der Waals surface area contributed by atoms with Gasteiger partial charge in [-0.05, 0) is 40.5 Å². The van der Waals surface area contributed by atoms with Crippen LogP contribution in [0.4, 0.5) is 0 Å². The lowest BCUT2D eigenvalue weighted by Gasteiger charge is -2.34. The first-order chi connectivity index (χ1) is 9.20. The molecule has 0 aromatic heterocycles. The summed E-state index contributed by atoms with van der Waals surface area (Å²) in [6.07, 6.45) is 1.55. The fraction of sp³-hybridized carbons (Fsp3) is 0.867. The zero-order valence-corrected chi connectivity index (χ0v) is 12.5. The Morgan fingerprint density at radius 1 is 1.45 bits per heavy atom. The fourth-order valence-electron chi connectivity index (χ4n) is 3.75. The van der Waals surface area contributed by atoms with Crippen molar-refractivity contribution < 1.29 is 23.8 Å². The molecule has 3 rings (SSSR count). The average molecular weight is 282 g/mol. The third-order valence-corrected chi connectivity index (χ3v) is 5.12. The number of carbonyl (C=O) groups is 2. The van der Waals surface area contributed by atoms with Gasteiger partial charge in [-0.1, -0.05) is 0 Å². The molecule has 0 amide bonds. The first-order valence-electron chi connectivity index (χ1n) is 7.22. The van der Waals surface area contributed by atoms with Crippen LogP contribution in [0.3, 0.4) is 0 Å². The largest absolute Gasteiger partial charge is 0.465 e. The molecule has 0 aliphatic carbocycles. The normalized spacial score (nSPS) is 42.5. The number of cyclic esters (lactones) is 1. The second-order valence-electron chi connectivity index (χ2n) is 7.47. The molecule has 3 aliphatic rings. The predicted molar refractivity (Wildman–Crippen MR) is 69.8 cm³/mol. The molecule has 0 radical (unpaired) electrons. The van der Waals surface area contributed by atoms with E-state index in [0.717, 1.165) is 12.8 Å². The van der Waals surface area contributed by atoms with Crippen molar-refractivity contribution in [2.45, 2.75) is 52.2 Å². The predicted octanol–water partition coefficient (Wildman–Crippen LogP) is 1.69. The highest BCUT2D eigenvalue weighted by molar-refractivity contribution is 5.81.